The lowest BCUT2D eigenvalue weighted by molar-refractivity contribution is 0.473. The Labute approximate surface area is 148 Å². The van der Waals surface area contributed by atoms with Crippen LogP contribution in [0.25, 0.3) is 11.0 Å². The SMILES string of the molecule is CSc1ncc2cc(Cc3nnc(C)o3)c(=O)n(C3CCCC3)c2n1. The van der Waals surface area contributed by atoms with Gasteiger partial charge in [-0.2, -0.15) is 0 Å². The summed E-state index contributed by atoms with van der Waals surface area (Å²) < 4.78 is 7.31. The van der Waals surface area contributed by atoms with Crippen LogP contribution in [0, 0.1) is 6.92 Å². The normalized spacial score (nSPS) is 15.3. The van der Waals surface area contributed by atoms with Gasteiger partial charge in [-0.15, -0.1) is 10.2 Å². The molecule has 1 fully saturated rings. The first-order valence-corrected chi connectivity index (χ1v) is 9.62. The lowest BCUT2D eigenvalue weighted by atomic mass is 10.1. The van der Waals surface area contributed by atoms with Crippen LogP contribution in [0.4, 0.5) is 0 Å². The summed E-state index contributed by atoms with van der Waals surface area (Å²) >= 11 is 1.48. The van der Waals surface area contributed by atoms with Crippen LogP contribution in [-0.4, -0.2) is 31.0 Å². The summed E-state index contributed by atoms with van der Waals surface area (Å²) in [5, 5.41) is 9.41. The molecule has 4 rings (SSSR count). The minimum Gasteiger partial charge on any atom is -0.425 e. The molecule has 130 valence electrons. The molecule has 0 atom stereocenters. The third kappa shape index (κ3) is 3.06. The van der Waals surface area contributed by atoms with Gasteiger partial charge in [0, 0.05) is 30.1 Å². The third-order valence-corrected chi connectivity index (χ3v) is 5.17. The Hall–Kier alpha value is -2.22. The van der Waals surface area contributed by atoms with E-state index in [9.17, 15) is 4.79 Å². The second-order valence-electron chi connectivity index (χ2n) is 6.31. The van der Waals surface area contributed by atoms with Crippen molar-refractivity contribution < 1.29 is 4.42 Å². The van der Waals surface area contributed by atoms with E-state index in [-0.39, 0.29) is 11.6 Å². The summed E-state index contributed by atoms with van der Waals surface area (Å²) in [6, 6.07) is 2.05. The highest BCUT2D eigenvalue weighted by Gasteiger charge is 2.23. The molecule has 8 heteroatoms. The molecule has 0 saturated heterocycles. The first-order chi connectivity index (χ1) is 12.2. The molecule has 3 aromatic rings. The highest BCUT2D eigenvalue weighted by atomic mass is 32.2. The maximum absolute atomic E-state index is 13.2. The molecule has 0 amide bonds. The molecular weight excluding hydrogens is 338 g/mol. The average molecular weight is 357 g/mol. The van der Waals surface area contributed by atoms with E-state index < -0.39 is 0 Å². The van der Waals surface area contributed by atoms with Gasteiger partial charge < -0.3 is 4.42 Å². The molecule has 0 aliphatic heterocycles. The number of thioether (sulfide) groups is 1. The van der Waals surface area contributed by atoms with Gasteiger partial charge in [0.1, 0.15) is 5.65 Å². The maximum Gasteiger partial charge on any atom is 0.256 e. The second kappa shape index (κ2) is 6.59. The lowest BCUT2D eigenvalue weighted by Crippen LogP contribution is -2.28. The number of rotatable bonds is 4. The highest BCUT2D eigenvalue weighted by Crippen LogP contribution is 2.31. The van der Waals surface area contributed by atoms with Crippen LogP contribution in [0.15, 0.2) is 26.6 Å². The quantitative estimate of drug-likeness (QED) is 0.524. The summed E-state index contributed by atoms with van der Waals surface area (Å²) in [5.41, 5.74) is 1.35. The van der Waals surface area contributed by atoms with Gasteiger partial charge in [-0.1, -0.05) is 24.6 Å². The Bertz CT molecular complexity index is 975. The zero-order valence-corrected chi connectivity index (χ0v) is 15.0. The van der Waals surface area contributed by atoms with Gasteiger partial charge in [0.15, 0.2) is 5.16 Å². The number of nitrogens with zero attached hydrogens (tertiary/aromatic N) is 5. The number of aryl methyl sites for hydroxylation is 1. The number of pyridine rings is 1. The van der Waals surface area contributed by atoms with Crippen molar-refractivity contribution in [3.63, 3.8) is 0 Å². The summed E-state index contributed by atoms with van der Waals surface area (Å²) in [6.45, 7) is 1.74. The molecular formula is C17H19N5O2S. The van der Waals surface area contributed by atoms with E-state index in [0.717, 1.165) is 36.7 Å². The van der Waals surface area contributed by atoms with E-state index in [4.69, 9.17) is 4.42 Å². The minimum absolute atomic E-state index is 0.0130. The monoisotopic (exact) mass is 357 g/mol. The van der Waals surface area contributed by atoms with E-state index in [1.54, 1.807) is 13.1 Å². The Kier molecular flexibility index (Phi) is 4.29. The van der Waals surface area contributed by atoms with Gasteiger partial charge in [-0.3, -0.25) is 9.36 Å². The topological polar surface area (TPSA) is 86.7 Å². The van der Waals surface area contributed by atoms with E-state index in [1.165, 1.54) is 11.8 Å². The Morgan fingerprint density at radius 3 is 2.80 bits per heavy atom. The van der Waals surface area contributed by atoms with E-state index >= 15 is 0 Å². The molecule has 3 heterocycles. The third-order valence-electron chi connectivity index (χ3n) is 4.61. The largest absolute Gasteiger partial charge is 0.425 e. The highest BCUT2D eigenvalue weighted by molar-refractivity contribution is 7.98. The van der Waals surface area contributed by atoms with Crippen molar-refractivity contribution in [2.75, 3.05) is 6.26 Å². The molecule has 0 bridgehead atoms. The van der Waals surface area contributed by atoms with Gasteiger partial charge in [-0.25, -0.2) is 9.97 Å². The standard InChI is InChI=1S/C17H19N5O2S/c1-10-20-21-14(24-10)8-11-7-12-9-18-17(25-2)19-15(12)22(16(11)23)13-5-3-4-6-13/h7,9,13H,3-6,8H2,1-2H3. The first-order valence-electron chi connectivity index (χ1n) is 8.40. The van der Waals surface area contributed by atoms with E-state index in [0.29, 0.717) is 28.9 Å². The van der Waals surface area contributed by atoms with Gasteiger partial charge >= 0.3 is 0 Å². The molecule has 25 heavy (non-hydrogen) atoms. The predicted octanol–water partition coefficient (Wildman–Crippen LogP) is 2.91. The molecule has 1 aliphatic carbocycles. The number of fused-ring (bicyclic) bond motifs is 1. The fourth-order valence-corrected chi connectivity index (χ4v) is 3.80. The lowest BCUT2D eigenvalue weighted by Gasteiger charge is -2.17. The maximum atomic E-state index is 13.2. The number of hydrogen-bond acceptors (Lipinski definition) is 7. The van der Waals surface area contributed by atoms with Crippen LogP contribution in [0.2, 0.25) is 0 Å². The van der Waals surface area contributed by atoms with Crippen LogP contribution in [0.5, 0.6) is 0 Å². The minimum atomic E-state index is -0.0130. The molecule has 1 saturated carbocycles. The fraction of sp³-hybridized carbons (Fsp3) is 0.471. The summed E-state index contributed by atoms with van der Waals surface area (Å²) in [7, 11) is 0. The molecule has 3 aromatic heterocycles. The average Bonchev–Trinajstić information content (AvgIpc) is 3.27. The molecule has 0 radical (unpaired) electrons. The molecule has 7 nitrogen and oxygen atoms in total. The molecule has 0 unspecified atom stereocenters. The molecule has 1 aliphatic rings. The van der Waals surface area contributed by atoms with Crippen molar-refractivity contribution in [1.29, 1.82) is 0 Å². The van der Waals surface area contributed by atoms with Crippen molar-refractivity contribution in [3.8, 4) is 0 Å². The smallest absolute Gasteiger partial charge is 0.256 e. The van der Waals surface area contributed by atoms with Gasteiger partial charge in [0.05, 0.1) is 6.42 Å². The summed E-state index contributed by atoms with van der Waals surface area (Å²) in [6.07, 6.45) is 8.37. The predicted molar refractivity (Wildman–Crippen MR) is 94.9 cm³/mol. The Morgan fingerprint density at radius 1 is 1.32 bits per heavy atom. The number of aromatic nitrogens is 5. The van der Waals surface area contributed by atoms with E-state index in [2.05, 4.69) is 20.2 Å². The molecule has 0 aromatic carbocycles. The number of hydrogen-bond donors (Lipinski definition) is 0. The summed E-state index contributed by atoms with van der Waals surface area (Å²) in [5.74, 6) is 0.952. The van der Waals surface area contributed by atoms with Crippen LogP contribution >= 0.6 is 11.8 Å². The zero-order chi connectivity index (χ0) is 17.4. The van der Waals surface area contributed by atoms with Gasteiger partial charge in [0.2, 0.25) is 11.8 Å². The van der Waals surface area contributed by atoms with Gasteiger partial charge in [0.25, 0.3) is 5.56 Å². The van der Waals surface area contributed by atoms with Crippen molar-refractivity contribution >= 4 is 22.8 Å². The first kappa shape index (κ1) is 16.3. The van der Waals surface area contributed by atoms with Crippen molar-refractivity contribution in [2.24, 2.45) is 0 Å². The van der Waals surface area contributed by atoms with Crippen molar-refractivity contribution in [2.45, 2.75) is 50.2 Å². The van der Waals surface area contributed by atoms with E-state index in [1.807, 2.05) is 16.9 Å². The van der Waals surface area contributed by atoms with Crippen molar-refractivity contribution in [1.82, 2.24) is 24.7 Å². The fourth-order valence-electron chi connectivity index (χ4n) is 3.46. The van der Waals surface area contributed by atoms with Gasteiger partial charge in [-0.05, 0) is 25.2 Å². The molecule has 0 N–H and O–H groups in total. The summed E-state index contributed by atoms with van der Waals surface area (Å²) in [4.78, 5) is 22.2. The Morgan fingerprint density at radius 2 is 2.12 bits per heavy atom. The van der Waals surface area contributed by atoms with Crippen LogP contribution < -0.4 is 5.56 Å². The van der Waals surface area contributed by atoms with Crippen molar-refractivity contribution in [3.05, 3.63) is 40.0 Å². The zero-order valence-electron chi connectivity index (χ0n) is 14.2. The van der Waals surface area contributed by atoms with Crippen LogP contribution in [0.3, 0.4) is 0 Å². The molecule has 0 spiro atoms. The second-order valence-corrected chi connectivity index (χ2v) is 7.08. The van der Waals surface area contributed by atoms with Crippen LogP contribution in [-0.2, 0) is 6.42 Å². The Balaban J connectivity index is 1.89. The van der Waals surface area contributed by atoms with Crippen LogP contribution in [0.1, 0.15) is 49.1 Å².